The molecule has 2 aliphatic rings. The van der Waals surface area contributed by atoms with Crippen LogP contribution < -0.4 is 11.1 Å². The van der Waals surface area contributed by atoms with E-state index in [0.29, 0.717) is 18.5 Å². The molecule has 0 aromatic rings. The number of hydrogen-bond donors (Lipinski definition) is 2. The van der Waals surface area contributed by atoms with E-state index in [1.807, 2.05) is 0 Å². The summed E-state index contributed by atoms with van der Waals surface area (Å²) in [7, 11) is 3.77. The molecule has 1 amide bonds. The molecule has 1 unspecified atom stereocenters. The molecular formula is C14H27N3O2. The summed E-state index contributed by atoms with van der Waals surface area (Å²) in [5.41, 5.74) is 5.23. The summed E-state index contributed by atoms with van der Waals surface area (Å²) in [6.45, 7) is 2.41. The second-order valence-electron chi connectivity index (χ2n) is 6.11. The fourth-order valence-corrected chi connectivity index (χ4v) is 2.79. The van der Waals surface area contributed by atoms with E-state index in [1.54, 1.807) is 7.11 Å². The third-order valence-electron chi connectivity index (χ3n) is 4.16. The second-order valence-corrected chi connectivity index (χ2v) is 6.11. The number of methoxy groups -OCH3 is 1. The van der Waals surface area contributed by atoms with Crippen LogP contribution >= 0.6 is 0 Å². The van der Waals surface area contributed by atoms with Crippen molar-refractivity contribution in [2.24, 2.45) is 11.7 Å². The number of hydrogen-bond acceptors (Lipinski definition) is 4. The number of carbonyl (C=O) groups excluding carboxylic acids is 1. The normalized spacial score (nSPS) is 22.5. The number of nitrogens with two attached hydrogens (primary N) is 1. The Kier molecular flexibility index (Phi) is 4.81. The summed E-state index contributed by atoms with van der Waals surface area (Å²) < 4.78 is 5.07. The monoisotopic (exact) mass is 269 g/mol. The van der Waals surface area contributed by atoms with E-state index in [2.05, 4.69) is 17.3 Å². The molecule has 2 fully saturated rings. The fraction of sp³-hybridized carbons (Fsp3) is 0.929. The molecule has 1 atom stereocenters. The van der Waals surface area contributed by atoms with Crippen molar-refractivity contribution in [2.75, 3.05) is 33.9 Å². The Bertz CT molecular complexity index is 316. The molecule has 0 bridgehead atoms. The maximum absolute atomic E-state index is 12.0. The van der Waals surface area contributed by atoms with Crippen LogP contribution in [-0.2, 0) is 9.53 Å². The Morgan fingerprint density at radius 2 is 2.11 bits per heavy atom. The van der Waals surface area contributed by atoms with Crippen LogP contribution in [0, 0.1) is 5.92 Å². The average Bonchev–Trinajstić information content (AvgIpc) is 3.21. The van der Waals surface area contributed by atoms with Gasteiger partial charge in [0.2, 0.25) is 5.91 Å². The lowest BCUT2D eigenvalue weighted by Crippen LogP contribution is -2.63. The zero-order chi connectivity index (χ0) is 13.9. The quantitative estimate of drug-likeness (QED) is 0.561. The number of ether oxygens (including phenoxy) is 1. The molecule has 0 spiro atoms. The topological polar surface area (TPSA) is 67.6 Å². The molecule has 3 N–H and O–H groups in total. The number of nitrogens with zero attached hydrogens (tertiary/aromatic N) is 1. The molecule has 0 aromatic heterocycles. The standard InChI is InChI=1S/C14H27N3O2/c1-17(8-3-9-19-2)10-14(13(15)18,11-4-5-11)16-12-6-7-12/h11-12,16H,3-10H2,1-2H3,(H2,15,18). The van der Waals surface area contributed by atoms with Crippen LogP contribution in [0.2, 0.25) is 0 Å². The molecule has 2 aliphatic carbocycles. The van der Waals surface area contributed by atoms with E-state index in [9.17, 15) is 4.79 Å². The molecule has 2 rings (SSSR count). The van der Waals surface area contributed by atoms with Gasteiger partial charge in [-0.25, -0.2) is 0 Å². The Morgan fingerprint density at radius 3 is 2.58 bits per heavy atom. The first-order valence-electron chi connectivity index (χ1n) is 7.33. The van der Waals surface area contributed by atoms with Gasteiger partial charge in [-0.15, -0.1) is 0 Å². The van der Waals surface area contributed by atoms with Gasteiger partial charge in [0.15, 0.2) is 0 Å². The van der Waals surface area contributed by atoms with Gasteiger partial charge in [0.05, 0.1) is 0 Å². The summed E-state index contributed by atoms with van der Waals surface area (Å²) in [5.74, 6) is 0.246. The molecule has 2 saturated carbocycles. The predicted octanol–water partition coefficient (Wildman–Crippen LogP) is 0.341. The predicted molar refractivity (Wildman–Crippen MR) is 74.8 cm³/mol. The highest BCUT2D eigenvalue weighted by Crippen LogP contribution is 2.42. The van der Waals surface area contributed by atoms with Crippen molar-refractivity contribution in [3.8, 4) is 0 Å². The van der Waals surface area contributed by atoms with Crippen molar-refractivity contribution < 1.29 is 9.53 Å². The maximum atomic E-state index is 12.0. The third kappa shape index (κ3) is 3.91. The van der Waals surface area contributed by atoms with Crippen molar-refractivity contribution in [2.45, 2.75) is 43.7 Å². The summed E-state index contributed by atoms with van der Waals surface area (Å²) in [6.07, 6.45) is 5.57. The first-order chi connectivity index (χ1) is 9.08. The van der Waals surface area contributed by atoms with E-state index in [1.165, 1.54) is 12.8 Å². The average molecular weight is 269 g/mol. The van der Waals surface area contributed by atoms with Crippen LogP contribution in [0.15, 0.2) is 0 Å². The van der Waals surface area contributed by atoms with Crippen molar-refractivity contribution in [3.63, 3.8) is 0 Å². The minimum Gasteiger partial charge on any atom is -0.385 e. The highest BCUT2D eigenvalue weighted by atomic mass is 16.5. The van der Waals surface area contributed by atoms with Gasteiger partial charge in [0.25, 0.3) is 0 Å². The van der Waals surface area contributed by atoms with Gasteiger partial charge in [-0.3, -0.25) is 10.1 Å². The van der Waals surface area contributed by atoms with Gasteiger partial charge in [-0.2, -0.15) is 0 Å². The van der Waals surface area contributed by atoms with E-state index in [-0.39, 0.29) is 5.91 Å². The highest BCUT2D eigenvalue weighted by molar-refractivity contribution is 5.86. The van der Waals surface area contributed by atoms with Gasteiger partial charge in [0.1, 0.15) is 5.54 Å². The summed E-state index contributed by atoms with van der Waals surface area (Å²) in [5, 5.41) is 3.54. The second kappa shape index (κ2) is 6.20. The lowest BCUT2D eigenvalue weighted by Gasteiger charge is -2.36. The summed E-state index contributed by atoms with van der Waals surface area (Å²) in [6, 6.07) is 0.500. The Balaban J connectivity index is 1.93. The Hall–Kier alpha value is -0.650. The maximum Gasteiger partial charge on any atom is 0.239 e. The molecule has 5 nitrogen and oxygen atoms in total. The van der Waals surface area contributed by atoms with Gasteiger partial charge in [0, 0.05) is 32.8 Å². The first-order valence-corrected chi connectivity index (χ1v) is 7.33. The van der Waals surface area contributed by atoms with E-state index < -0.39 is 5.54 Å². The minimum atomic E-state index is -0.511. The van der Waals surface area contributed by atoms with Crippen molar-refractivity contribution in [3.05, 3.63) is 0 Å². The minimum absolute atomic E-state index is 0.180. The molecule has 0 radical (unpaired) electrons. The van der Waals surface area contributed by atoms with Crippen LogP contribution in [0.3, 0.4) is 0 Å². The molecule has 0 saturated heterocycles. The number of nitrogens with one attached hydrogen (secondary N) is 1. The molecule has 19 heavy (non-hydrogen) atoms. The van der Waals surface area contributed by atoms with Crippen LogP contribution in [0.25, 0.3) is 0 Å². The lowest BCUT2D eigenvalue weighted by atomic mass is 9.91. The number of primary amides is 1. The number of amides is 1. The zero-order valence-electron chi connectivity index (χ0n) is 12.2. The zero-order valence-corrected chi connectivity index (χ0v) is 12.2. The summed E-state index contributed by atoms with van der Waals surface area (Å²) in [4.78, 5) is 14.2. The van der Waals surface area contributed by atoms with Crippen molar-refractivity contribution >= 4 is 5.91 Å². The number of rotatable bonds is 10. The SMILES string of the molecule is COCCCN(C)CC(NC1CC1)(C(N)=O)C1CC1. The molecular weight excluding hydrogens is 242 g/mol. The Labute approximate surface area is 115 Å². The molecule has 0 heterocycles. The molecule has 0 aromatic carbocycles. The van der Waals surface area contributed by atoms with Crippen LogP contribution in [0.1, 0.15) is 32.1 Å². The first kappa shape index (κ1) is 14.8. The van der Waals surface area contributed by atoms with Gasteiger partial charge in [-0.05, 0) is 45.1 Å². The molecule has 110 valence electrons. The highest BCUT2D eigenvalue weighted by Gasteiger charge is 2.52. The van der Waals surface area contributed by atoms with Crippen LogP contribution in [-0.4, -0.2) is 56.2 Å². The van der Waals surface area contributed by atoms with Crippen LogP contribution in [0.4, 0.5) is 0 Å². The number of carbonyl (C=O) groups is 1. The summed E-state index contributed by atoms with van der Waals surface area (Å²) >= 11 is 0. The van der Waals surface area contributed by atoms with E-state index in [4.69, 9.17) is 10.5 Å². The van der Waals surface area contributed by atoms with Gasteiger partial charge >= 0.3 is 0 Å². The number of likely N-dealkylation sites (N-methyl/N-ethyl adjacent to an activating group) is 1. The Morgan fingerprint density at radius 1 is 1.42 bits per heavy atom. The smallest absolute Gasteiger partial charge is 0.239 e. The van der Waals surface area contributed by atoms with Crippen LogP contribution in [0.5, 0.6) is 0 Å². The van der Waals surface area contributed by atoms with E-state index >= 15 is 0 Å². The largest absolute Gasteiger partial charge is 0.385 e. The van der Waals surface area contributed by atoms with Crippen molar-refractivity contribution in [1.82, 2.24) is 10.2 Å². The fourth-order valence-electron chi connectivity index (χ4n) is 2.79. The van der Waals surface area contributed by atoms with Crippen molar-refractivity contribution in [1.29, 1.82) is 0 Å². The molecule has 0 aliphatic heterocycles. The van der Waals surface area contributed by atoms with E-state index in [0.717, 1.165) is 32.4 Å². The third-order valence-corrected chi connectivity index (χ3v) is 4.16. The molecule has 5 heteroatoms. The van der Waals surface area contributed by atoms with Gasteiger partial charge < -0.3 is 15.4 Å². The lowest BCUT2D eigenvalue weighted by molar-refractivity contribution is -0.126. The van der Waals surface area contributed by atoms with Gasteiger partial charge in [-0.1, -0.05) is 0 Å².